The lowest BCUT2D eigenvalue weighted by Gasteiger charge is -2.22. The molecule has 10 nitrogen and oxygen atoms in total. The molecule has 2 aromatic rings. The van der Waals surface area contributed by atoms with Gasteiger partial charge in [-0.1, -0.05) is 30.3 Å². The number of aromatic amines is 1. The van der Waals surface area contributed by atoms with Gasteiger partial charge < -0.3 is 25.0 Å². The lowest BCUT2D eigenvalue weighted by Crippen LogP contribution is -2.49. The number of hydrogen-bond donors (Lipinski definition) is 3. The average molecular weight is 402 g/mol. The second-order valence-electron chi connectivity index (χ2n) is 6.23. The molecule has 0 unspecified atom stereocenters. The Bertz CT molecular complexity index is 838. The van der Waals surface area contributed by atoms with E-state index in [4.69, 9.17) is 9.84 Å². The number of H-pyrrole nitrogens is 1. The molecule has 1 aromatic carbocycles. The number of aromatic nitrogens is 2. The minimum absolute atomic E-state index is 0.0457. The van der Waals surface area contributed by atoms with Crippen molar-refractivity contribution >= 4 is 23.8 Å². The van der Waals surface area contributed by atoms with E-state index >= 15 is 0 Å². The summed E-state index contributed by atoms with van der Waals surface area (Å²) < 4.78 is 4.70. The standard InChI is InChI=1S/C19H22N4O6/c1-29-19(28)15(8-14-9-20-12-21-14)22-16(24)10-23(11-18(26)27)17(25)7-13-5-3-2-4-6-13/h2-6,9,12,15H,7-8,10-11H2,1H3,(H,20,21)(H,22,24)(H,26,27)/t15-/m0/s1. The molecule has 1 atom stereocenters. The third kappa shape index (κ3) is 7.09. The number of imidazole rings is 1. The summed E-state index contributed by atoms with van der Waals surface area (Å²) in [5.74, 6) is -3.12. The van der Waals surface area contributed by atoms with E-state index in [1.165, 1.54) is 19.6 Å². The van der Waals surface area contributed by atoms with E-state index in [9.17, 15) is 19.2 Å². The van der Waals surface area contributed by atoms with Crippen LogP contribution in [0.25, 0.3) is 0 Å². The highest BCUT2D eigenvalue weighted by atomic mass is 16.5. The van der Waals surface area contributed by atoms with E-state index in [1.54, 1.807) is 30.3 Å². The van der Waals surface area contributed by atoms with Crippen molar-refractivity contribution in [2.24, 2.45) is 0 Å². The number of esters is 1. The maximum atomic E-state index is 12.5. The van der Waals surface area contributed by atoms with Crippen molar-refractivity contribution in [2.75, 3.05) is 20.2 Å². The highest BCUT2D eigenvalue weighted by Gasteiger charge is 2.25. The van der Waals surface area contributed by atoms with E-state index in [2.05, 4.69) is 15.3 Å². The van der Waals surface area contributed by atoms with Crippen LogP contribution >= 0.6 is 0 Å². The van der Waals surface area contributed by atoms with Crippen LogP contribution in [0.3, 0.4) is 0 Å². The van der Waals surface area contributed by atoms with Gasteiger partial charge in [0.1, 0.15) is 19.1 Å². The fourth-order valence-corrected chi connectivity index (χ4v) is 2.64. The summed E-state index contributed by atoms with van der Waals surface area (Å²) in [5.41, 5.74) is 1.29. The normalized spacial score (nSPS) is 11.3. The molecule has 1 heterocycles. The Kier molecular flexibility index (Phi) is 7.89. The minimum atomic E-state index is -1.25. The van der Waals surface area contributed by atoms with Crippen LogP contribution in [0.5, 0.6) is 0 Å². The zero-order valence-corrected chi connectivity index (χ0v) is 15.8. The number of nitrogens with zero attached hydrogens (tertiary/aromatic N) is 2. The van der Waals surface area contributed by atoms with Crippen LogP contribution in [0.15, 0.2) is 42.9 Å². The molecule has 154 valence electrons. The van der Waals surface area contributed by atoms with Crippen molar-refractivity contribution in [3.63, 3.8) is 0 Å². The molecule has 0 spiro atoms. The SMILES string of the molecule is COC(=O)[C@H](Cc1cnc[nH]1)NC(=O)CN(CC(=O)O)C(=O)Cc1ccccc1. The van der Waals surface area contributed by atoms with Gasteiger partial charge in [0.25, 0.3) is 0 Å². The number of carbonyl (C=O) groups is 4. The molecule has 3 N–H and O–H groups in total. The first-order valence-corrected chi connectivity index (χ1v) is 8.77. The predicted molar refractivity (Wildman–Crippen MR) is 101 cm³/mol. The number of carboxylic acids is 1. The number of methoxy groups -OCH3 is 1. The Morgan fingerprint density at radius 2 is 1.93 bits per heavy atom. The number of ether oxygens (including phenoxy) is 1. The van der Waals surface area contributed by atoms with Gasteiger partial charge in [-0.05, 0) is 5.56 Å². The largest absolute Gasteiger partial charge is 0.480 e. The van der Waals surface area contributed by atoms with Crippen LogP contribution in [0.2, 0.25) is 0 Å². The molecule has 29 heavy (non-hydrogen) atoms. The fraction of sp³-hybridized carbons (Fsp3) is 0.316. The van der Waals surface area contributed by atoms with Gasteiger partial charge in [0.2, 0.25) is 11.8 Å². The molecule has 0 saturated carbocycles. The molecule has 2 amide bonds. The first kappa shape index (κ1) is 21.6. The van der Waals surface area contributed by atoms with Crippen molar-refractivity contribution in [3.05, 3.63) is 54.1 Å². The number of hydrogen-bond acceptors (Lipinski definition) is 6. The number of carbonyl (C=O) groups excluding carboxylic acids is 3. The first-order chi connectivity index (χ1) is 13.9. The zero-order chi connectivity index (χ0) is 21.2. The van der Waals surface area contributed by atoms with Crippen LogP contribution in [0, 0.1) is 0 Å². The number of carboxylic acid groups (broad SMARTS) is 1. The van der Waals surface area contributed by atoms with Crippen LogP contribution in [0.1, 0.15) is 11.3 Å². The third-order valence-electron chi connectivity index (χ3n) is 4.01. The Labute approximate surface area is 166 Å². The van der Waals surface area contributed by atoms with E-state index < -0.39 is 42.9 Å². The van der Waals surface area contributed by atoms with Gasteiger partial charge in [-0.2, -0.15) is 0 Å². The number of aliphatic carboxylic acids is 1. The van der Waals surface area contributed by atoms with Crippen LogP contribution in [0.4, 0.5) is 0 Å². The van der Waals surface area contributed by atoms with Crippen LogP contribution < -0.4 is 5.32 Å². The van der Waals surface area contributed by atoms with Gasteiger partial charge in [0.05, 0.1) is 19.9 Å². The summed E-state index contributed by atoms with van der Waals surface area (Å²) in [6, 6.07) is 7.76. The Morgan fingerprint density at radius 1 is 1.21 bits per heavy atom. The number of rotatable bonds is 10. The number of benzene rings is 1. The zero-order valence-electron chi connectivity index (χ0n) is 15.8. The van der Waals surface area contributed by atoms with Crippen molar-refractivity contribution in [1.82, 2.24) is 20.2 Å². The summed E-state index contributed by atoms with van der Waals surface area (Å²) in [4.78, 5) is 55.6. The van der Waals surface area contributed by atoms with E-state index in [1.807, 2.05) is 0 Å². The van der Waals surface area contributed by atoms with Gasteiger partial charge in [0.15, 0.2) is 0 Å². The van der Waals surface area contributed by atoms with Crippen molar-refractivity contribution < 1.29 is 29.0 Å². The average Bonchev–Trinajstić information content (AvgIpc) is 3.20. The molecule has 1 aromatic heterocycles. The first-order valence-electron chi connectivity index (χ1n) is 8.77. The molecule has 0 radical (unpaired) electrons. The lowest BCUT2D eigenvalue weighted by molar-refractivity contribution is -0.147. The summed E-state index contributed by atoms with van der Waals surface area (Å²) in [5, 5.41) is 11.6. The summed E-state index contributed by atoms with van der Waals surface area (Å²) >= 11 is 0. The molecule has 0 bridgehead atoms. The topological polar surface area (TPSA) is 142 Å². The summed E-state index contributed by atoms with van der Waals surface area (Å²) in [6.45, 7) is -1.14. The van der Waals surface area contributed by atoms with E-state index in [-0.39, 0.29) is 12.8 Å². The molecular formula is C19H22N4O6. The van der Waals surface area contributed by atoms with E-state index in [0.717, 1.165) is 4.90 Å². The molecular weight excluding hydrogens is 380 g/mol. The van der Waals surface area contributed by atoms with Gasteiger partial charge in [-0.3, -0.25) is 14.4 Å². The monoisotopic (exact) mass is 402 g/mol. The molecule has 0 aliphatic heterocycles. The number of amides is 2. The molecule has 2 rings (SSSR count). The molecule has 0 fully saturated rings. The molecule has 0 saturated heterocycles. The fourth-order valence-electron chi connectivity index (χ4n) is 2.64. The van der Waals surface area contributed by atoms with Crippen LogP contribution in [-0.2, 0) is 36.8 Å². The lowest BCUT2D eigenvalue weighted by atomic mass is 10.1. The maximum Gasteiger partial charge on any atom is 0.328 e. The quantitative estimate of drug-likeness (QED) is 0.466. The Hall–Kier alpha value is -3.69. The Morgan fingerprint density at radius 3 is 2.52 bits per heavy atom. The van der Waals surface area contributed by atoms with Crippen molar-refractivity contribution in [3.8, 4) is 0 Å². The van der Waals surface area contributed by atoms with Crippen molar-refractivity contribution in [2.45, 2.75) is 18.9 Å². The Balaban J connectivity index is 2.03. The third-order valence-corrected chi connectivity index (χ3v) is 4.01. The summed E-state index contributed by atoms with van der Waals surface area (Å²) in [7, 11) is 1.19. The second kappa shape index (κ2) is 10.6. The minimum Gasteiger partial charge on any atom is -0.480 e. The highest BCUT2D eigenvalue weighted by molar-refractivity contribution is 5.90. The van der Waals surface area contributed by atoms with Gasteiger partial charge in [-0.15, -0.1) is 0 Å². The highest BCUT2D eigenvalue weighted by Crippen LogP contribution is 2.04. The molecule has 0 aliphatic rings. The van der Waals surface area contributed by atoms with E-state index in [0.29, 0.717) is 11.3 Å². The maximum absolute atomic E-state index is 12.5. The smallest absolute Gasteiger partial charge is 0.328 e. The molecule has 0 aliphatic carbocycles. The van der Waals surface area contributed by atoms with Gasteiger partial charge in [0, 0.05) is 18.3 Å². The van der Waals surface area contributed by atoms with Crippen LogP contribution in [-0.4, -0.2) is 70.0 Å². The summed E-state index contributed by atoms with van der Waals surface area (Å²) in [6.07, 6.45) is 3.00. The van der Waals surface area contributed by atoms with Gasteiger partial charge in [-0.25, -0.2) is 9.78 Å². The second-order valence-corrected chi connectivity index (χ2v) is 6.23. The van der Waals surface area contributed by atoms with Crippen molar-refractivity contribution in [1.29, 1.82) is 0 Å². The van der Waals surface area contributed by atoms with Gasteiger partial charge >= 0.3 is 11.9 Å². The molecule has 10 heteroatoms. The predicted octanol–water partition coefficient (Wildman–Crippen LogP) is -0.234. The number of nitrogens with one attached hydrogen (secondary N) is 2.